The first-order valence-corrected chi connectivity index (χ1v) is 15.1. The fourth-order valence-electron chi connectivity index (χ4n) is 4.27. The number of benzene rings is 3. The van der Waals surface area contributed by atoms with E-state index in [4.69, 9.17) is 11.6 Å². The number of para-hydroxylation sites is 1. The highest BCUT2D eigenvalue weighted by atomic mass is 35.5. The lowest BCUT2D eigenvalue weighted by Crippen LogP contribution is -2.54. The second-order valence-corrected chi connectivity index (χ2v) is 12.1. The molecule has 3 aromatic carbocycles. The fraction of sp³-hybridized carbons (Fsp3) is 0.333. The highest BCUT2D eigenvalue weighted by Gasteiger charge is 2.33. The van der Waals surface area contributed by atoms with Crippen molar-refractivity contribution in [3.63, 3.8) is 0 Å². The maximum atomic E-state index is 14.1. The molecule has 208 valence electrons. The zero-order chi connectivity index (χ0) is 28.6. The molecule has 39 heavy (non-hydrogen) atoms. The highest BCUT2D eigenvalue weighted by molar-refractivity contribution is 7.92. The third-order valence-corrected chi connectivity index (χ3v) is 7.94. The summed E-state index contributed by atoms with van der Waals surface area (Å²) in [7, 11) is -3.81. The summed E-state index contributed by atoms with van der Waals surface area (Å²) in [6.45, 7) is 5.30. The van der Waals surface area contributed by atoms with Crippen LogP contribution in [0, 0.1) is 6.92 Å². The maximum absolute atomic E-state index is 14.1. The molecule has 0 aromatic heterocycles. The summed E-state index contributed by atoms with van der Waals surface area (Å²) in [5, 5.41) is 3.52. The average molecular weight is 570 g/mol. The first-order chi connectivity index (χ1) is 18.5. The van der Waals surface area contributed by atoms with E-state index in [-0.39, 0.29) is 24.9 Å². The van der Waals surface area contributed by atoms with Crippen molar-refractivity contribution >= 4 is 39.1 Å². The highest BCUT2D eigenvalue weighted by Crippen LogP contribution is 2.24. The van der Waals surface area contributed by atoms with Crippen LogP contribution in [-0.4, -0.2) is 50.0 Å². The second kappa shape index (κ2) is 13.6. The van der Waals surface area contributed by atoms with E-state index in [1.807, 2.05) is 56.3 Å². The average Bonchev–Trinajstić information content (AvgIpc) is 2.89. The largest absolute Gasteiger partial charge is 0.352 e. The van der Waals surface area contributed by atoms with Gasteiger partial charge < -0.3 is 10.2 Å². The van der Waals surface area contributed by atoms with Crippen molar-refractivity contribution in [2.45, 2.75) is 52.2 Å². The summed E-state index contributed by atoms with van der Waals surface area (Å²) < 4.78 is 26.9. The number of aryl methyl sites for hydroxylation is 1. The van der Waals surface area contributed by atoms with Gasteiger partial charge in [0.25, 0.3) is 0 Å². The van der Waals surface area contributed by atoms with Gasteiger partial charge in [-0.05, 0) is 55.2 Å². The molecule has 0 bridgehead atoms. The zero-order valence-electron chi connectivity index (χ0n) is 22.8. The Labute approximate surface area is 236 Å². The molecule has 0 spiro atoms. The quantitative estimate of drug-likeness (QED) is 0.334. The number of hydrogen-bond acceptors (Lipinski definition) is 4. The van der Waals surface area contributed by atoms with E-state index in [2.05, 4.69) is 5.32 Å². The summed E-state index contributed by atoms with van der Waals surface area (Å²) in [6.07, 6.45) is 2.06. The standard InChI is InChI=1S/C30H36ClN3O4S/c1-5-23(3)32-30(36)28(19-24-13-7-6-8-14-24)33(20-25-15-11-16-26(31)18-25)29(35)21-34(39(4,37)38)27-17-10-9-12-22(27)2/h6-18,23,28H,5,19-21H2,1-4H3,(H,32,36)/t23-,28+/m1/s1. The van der Waals surface area contributed by atoms with E-state index in [1.165, 1.54) is 4.90 Å². The van der Waals surface area contributed by atoms with Crippen molar-refractivity contribution < 1.29 is 18.0 Å². The molecule has 1 N–H and O–H groups in total. The predicted molar refractivity (Wildman–Crippen MR) is 157 cm³/mol. The van der Waals surface area contributed by atoms with Crippen molar-refractivity contribution in [3.05, 3.63) is 101 Å². The van der Waals surface area contributed by atoms with Crippen molar-refractivity contribution in [3.8, 4) is 0 Å². The van der Waals surface area contributed by atoms with Crippen molar-refractivity contribution in [2.24, 2.45) is 0 Å². The normalized spacial score (nSPS) is 12.8. The van der Waals surface area contributed by atoms with Gasteiger partial charge in [-0.2, -0.15) is 0 Å². The van der Waals surface area contributed by atoms with Gasteiger partial charge in [0.1, 0.15) is 12.6 Å². The van der Waals surface area contributed by atoms with Crippen molar-refractivity contribution in [1.29, 1.82) is 0 Å². The van der Waals surface area contributed by atoms with Gasteiger partial charge in [0.05, 0.1) is 11.9 Å². The van der Waals surface area contributed by atoms with Gasteiger partial charge in [0, 0.05) is 24.0 Å². The molecule has 2 atom stereocenters. The number of anilines is 1. The smallest absolute Gasteiger partial charge is 0.244 e. The number of hydrogen-bond donors (Lipinski definition) is 1. The first-order valence-electron chi connectivity index (χ1n) is 12.9. The summed E-state index contributed by atoms with van der Waals surface area (Å²) >= 11 is 6.24. The fourth-order valence-corrected chi connectivity index (χ4v) is 5.39. The minimum absolute atomic E-state index is 0.0796. The van der Waals surface area contributed by atoms with Gasteiger partial charge in [-0.1, -0.05) is 79.2 Å². The van der Waals surface area contributed by atoms with Crippen LogP contribution < -0.4 is 9.62 Å². The van der Waals surface area contributed by atoms with E-state index in [9.17, 15) is 18.0 Å². The minimum Gasteiger partial charge on any atom is -0.352 e. The van der Waals surface area contributed by atoms with E-state index < -0.39 is 28.5 Å². The van der Waals surface area contributed by atoms with Crippen LogP contribution in [0.25, 0.3) is 0 Å². The van der Waals surface area contributed by atoms with Crippen LogP contribution in [0.15, 0.2) is 78.9 Å². The molecule has 0 aliphatic rings. The Balaban J connectivity index is 2.07. The number of halogens is 1. The number of amides is 2. The molecule has 0 saturated carbocycles. The van der Waals surface area contributed by atoms with Gasteiger partial charge in [-0.3, -0.25) is 13.9 Å². The Morgan fingerprint density at radius 2 is 1.59 bits per heavy atom. The van der Waals surface area contributed by atoms with Crippen LogP contribution in [-0.2, 0) is 32.6 Å². The second-order valence-electron chi connectivity index (χ2n) is 9.73. The molecule has 7 nitrogen and oxygen atoms in total. The molecule has 0 radical (unpaired) electrons. The first kappa shape index (κ1) is 30.2. The monoisotopic (exact) mass is 569 g/mol. The number of sulfonamides is 1. The van der Waals surface area contributed by atoms with Gasteiger partial charge in [-0.25, -0.2) is 8.42 Å². The number of rotatable bonds is 12. The topological polar surface area (TPSA) is 86.8 Å². The van der Waals surface area contributed by atoms with E-state index in [0.717, 1.165) is 28.1 Å². The number of nitrogens with zero attached hydrogens (tertiary/aromatic N) is 2. The molecule has 0 saturated heterocycles. The Hall–Kier alpha value is -3.36. The summed E-state index contributed by atoms with van der Waals surface area (Å²) in [5.41, 5.74) is 2.74. The van der Waals surface area contributed by atoms with E-state index >= 15 is 0 Å². The van der Waals surface area contributed by atoms with Gasteiger partial charge >= 0.3 is 0 Å². The van der Waals surface area contributed by atoms with Crippen LogP contribution in [0.4, 0.5) is 5.69 Å². The summed E-state index contributed by atoms with van der Waals surface area (Å²) in [6, 6.07) is 22.6. The molecule has 0 aliphatic carbocycles. The number of carbonyl (C=O) groups is 2. The SMILES string of the molecule is CC[C@@H](C)NC(=O)[C@H](Cc1ccccc1)N(Cc1cccc(Cl)c1)C(=O)CN(c1ccccc1C)S(C)(=O)=O. The molecule has 0 heterocycles. The van der Waals surface area contributed by atoms with Crippen molar-refractivity contribution in [1.82, 2.24) is 10.2 Å². The van der Waals surface area contributed by atoms with Crippen LogP contribution in [0.3, 0.4) is 0 Å². The molecular weight excluding hydrogens is 534 g/mol. The van der Waals surface area contributed by atoms with E-state index in [0.29, 0.717) is 16.3 Å². The Bertz CT molecular complexity index is 1380. The van der Waals surface area contributed by atoms with Crippen LogP contribution in [0.5, 0.6) is 0 Å². The lowest BCUT2D eigenvalue weighted by molar-refractivity contribution is -0.140. The molecule has 2 amide bonds. The van der Waals surface area contributed by atoms with Gasteiger partial charge in [-0.15, -0.1) is 0 Å². The number of nitrogens with one attached hydrogen (secondary N) is 1. The Kier molecular flexibility index (Phi) is 10.5. The van der Waals surface area contributed by atoms with E-state index in [1.54, 1.807) is 43.3 Å². The molecule has 3 aromatic rings. The van der Waals surface area contributed by atoms with Crippen LogP contribution in [0.1, 0.15) is 37.0 Å². The molecule has 9 heteroatoms. The number of carbonyl (C=O) groups excluding carboxylic acids is 2. The van der Waals surface area contributed by atoms with Crippen molar-refractivity contribution in [2.75, 3.05) is 17.1 Å². The molecule has 3 rings (SSSR count). The molecule has 0 unspecified atom stereocenters. The molecular formula is C30H36ClN3O4S. The van der Waals surface area contributed by atoms with Gasteiger partial charge in [0.2, 0.25) is 21.8 Å². The predicted octanol–water partition coefficient (Wildman–Crippen LogP) is 4.97. The van der Waals surface area contributed by atoms with Gasteiger partial charge in [0.15, 0.2) is 0 Å². The Morgan fingerprint density at radius 3 is 2.21 bits per heavy atom. The summed E-state index contributed by atoms with van der Waals surface area (Å²) in [5.74, 6) is -0.797. The molecule has 0 aliphatic heterocycles. The lowest BCUT2D eigenvalue weighted by atomic mass is 10.0. The minimum atomic E-state index is -3.81. The lowest BCUT2D eigenvalue weighted by Gasteiger charge is -2.34. The third-order valence-electron chi connectivity index (χ3n) is 6.58. The third kappa shape index (κ3) is 8.57. The molecule has 0 fully saturated rings. The van der Waals surface area contributed by atoms with Crippen LogP contribution >= 0.6 is 11.6 Å². The zero-order valence-corrected chi connectivity index (χ0v) is 24.4. The Morgan fingerprint density at radius 1 is 0.949 bits per heavy atom. The summed E-state index contributed by atoms with van der Waals surface area (Å²) in [4.78, 5) is 29.2. The van der Waals surface area contributed by atoms with Crippen LogP contribution in [0.2, 0.25) is 5.02 Å². The maximum Gasteiger partial charge on any atom is 0.244 e.